The summed E-state index contributed by atoms with van der Waals surface area (Å²) in [6.07, 6.45) is 6.27. The molecule has 0 aliphatic heterocycles. The van der Waals surface area contributed by atoms with E-state index in [1.165, 1.54) is 32.1 Å². The van der Waals surface area contributed by atoms with Crippen LogP contribution in [0.1, 0.15) is 52.9 Å². The predicted molar refractivity (Wildman–Crippen MR) is 57.6 cm³/mol. The van der Waals surface area contributed by atoms with E-state index in [0.717, 1.165) is 0 Å². The van der Waals surface area contributed by atoms with Crippen molar-refractivity contribution in [2.24, 2.45) is 5.41 Å². The fourth-order valence-corrected chi connectivity index (χ4v) is 1.60. The van der Waals surface area contributed by atoms with Gasteiger partial charge in [0, 0.05) is 11.5 Å². The normalized spacial score (nSPS) is 19.4. The van der Waals surface area contributed by atoms with Crippen molar-refractivity contribution in [1.29, 1.82) is 0 Å². The quantitative estimate of drug-likeness (QED) is 0.666. The van der Waals surface area contributed by atoms with Gasteiger partial charge < -0.3 is 0 Å². The van der Waals surface area contributed by atoms with Crippen LogP contribution in [0.3, 0.4) is 0 Å². The zero-order chi connectivity index (χ0) is 10.6. The third-order valence-electron chi connectivity index (χ3n) is 2.68. The molecule has 0 aromatic rings. The van der Waals surface area contributed by atoms with E-state index in [2.05, 4.69) is 10.9 Å². The van der Waals surface area contributed by atoms with Gasteiger partial charge in [-0.1, -0.05) is 40.0 Å². The molecule has 0 atom stereocenters. The highest BCUT2D eigenvalue weighted by atomic mass is 16.2. The lowest BCUT2D eigenvalue weighted by atomic mass is 9.95. The molecule has 0 aromatic heterocycles. The Labute approximate surface area is 86.6 Å². The number of hydrazine groups is 1. The van der Waals surface area contributed by atoms with Gasteiger partial charge in [-0.25, -0.2) is 5.43 Å². The molecule has 0 bridgehead atoms. The summed E-state index contributed by atoms with van der Waals surface area (Å²) in [6, 6.07) is 0.482. The summed E-state index contributed by atoms with van der Waals surface area (Å²) in [5, 5.41) is 0. The van der Waals surface area contributed by atoms with E-state index in [4.69, 9.17) is 0 Å². The third kappa shape index (κ3) is 3.66. The van der Waals surface area contributed by atoms with E-state index < -0.39 is 0 Å². The lowest BCUT2D eigenvalue weighted by Gasteiger charge is -2.25. The maximum atomic E-state index is 11.5. The minimum atomic E-state index is -0.304. The molecule has 0 heterocycles. The summed E-state index contributed by atoms with van der Waals surface area (Å²) < 4.78 is 0. The average molecular weight is 198 g/mol. The maximum Gasteiger partial charge on any atom is 0.239 e. The van der Waals surface area contributed by atoms with Crippen LogP contribution in [0.4, 0.5) is 0 Å². The Balaban J connectivity index is 2.22. The molecule has 1 fully saturated rings. The SMILES string of the molecule is CC(C)(C)C(=O)NNC1CCCCC1. The first kappa shape index (κ1) is 11.5. The second kappa shape index (κ2) is 4.78. The Kier molecular flexibility index (Phi) is 3.93. The van der Waals surface area contributed by atoms with E-state index >= 15 is 0 Å². The Bertz CT molecular complexity index is 190. The van der Waals surface area contributed by atoms with Crippen LogP contribution >= 0.6 is 0 Å². The summed E-state index contributed by atoms with van der Waals surface area (Å²) in [7, 11) is 0. The minimum Gasteiger partial charge on any atom is -0.291 e. The fourth-order valence-electron chi connectivity index (χ4n) is 1.60. The molecule has 1 amide bonds. The molecule has 1 aliphatic rings. The molecule has 82 valence electrons. The minimum absolute atomic E-state index is 0.0723. The van der Waals surface area contributed by atoms with Gasteiger partial charge in [0.2, 0.25) is 5.91 Å². The van der Waals surface area contributed by atoms with Gasteiger partial charge in [0.1, 0.15) is 0 Å². The molecule has 0 spiro atoms. The smallest absolute Gasteiger partial charge is 0.239 e. The van der Waals surface area contributed by atoms with Crippen molar-refractivity contribution in [3.05, 3.63) is 0 Å². The van der Waals surface area contributed by atoms with Crippen molar-refractivity contribution >= 4 is 5.91 Å². The number of rotatable bonds is 2. The highest BCUT2D eigenvalue weighted by Gasteiger charge is 2.22. The van der Waals surface area contributed by atoms with Crippen LogP contribution in [0.2, 0.25) is 0 Å². The van der Waals surface area contributed by atoms with Crippen molar-refractivity contribution in [2.75, 3.05) is 0 Å². The molecule has 2 N–H and O–H groups in total. The number of carbonyl (C=O) groups is 1. The number of hydrogen-bond acceptors (Lipinski definition) is 2. The number of nitrogens with one attached hydrogen (secondary N) is 2. The third-order valence-corrected chi connectivity index (χ3v) is 2.68. The van der Waals surface area contributed by atoms with Gasteiger partial charge in [-0.15, -0.1) is 0 Å². The van der Waals surface area contributed by atoms with Crippen LogP contribution < -0.4 is 10.9 Å². The molecule has 1 aliphatic carbocycles. The maximum absolute atomic E-state index is 11.5. The molecule has 0 aromatic carbocycles. The van der Waals surface area contributed by atoms with E-state index in [-0.39, 0.29) is 11.3 Å². The van der Waals surface area contributed by atoms with Crippen molar-refractivity contribution in [3.8, 4) is 0 Å². The molecular formula is C11H22N2O. The Morgan fingerprint density at radius 2 is 1.71 bits per heavy atom. The first-order valence-corrected chi connectivity index (χ1v) is 5.56. The van der Waals surface area contributed by atoms with Gasteiger partial charge in [-0.05, 0) is 12.8 Å². The largest absolute Gasteiger partial charge is 0.291 e. The van der Waals surface area contributed by atoms with Crippen LogP contribution in [0.5, 0.6) is 0 Å². The standard InChI is InChI=1S/C11H22N2O/c1-11(2,3)10(14)13-12-9-7-5-4-6-8-9/h9,12H,4-8H2,1-3H3,(H,13,14). The number of amides is 1. The van der Waals surface area contributed by atoms with Crippen LogP contribution in [0, 0.1) is 5.41 Å². The van der Waals surface area contributed by atoms with Crippen LogP contribution in [-0.4, -0.2) is 11.9 Å². The van der Waals surface area contributed by atoms with Crippen molar-refractivity contribution in [3.63, 3.8) is 0 Å². The van der Waals surface area contributed by atoms with Gasteiger partial charge in [0.05, 0.1) is 0 Å². The fraction of sp³-hybridized carbons (Fsp3) is 0.909. The van der Waals surface area contributed by atoms with Crippen molar-refractivity contribution in [1.82, 2.24) is 10.9 Å². The average Bonchev–Trinajstić information content (AvgIpc) is 2.14. The van der Waals surface area contributed by atoms with E-state index in [0.29, 0.717) is 6.04 Å². The van der Waals surface area contributed by atoms with Gasteiger partial charge in [0.15, 0.2) is 0 Å². The molecule has 3 nitrogen and oxygen atoms in total. The van der Waals surface area contributed by atoms with E-state index in [1.807, 2.05) is 20.8 Å². The molecule has 0 unspecified atom stereocenters. The van der Waals surface area contributed by atoms with Crippen molar-refractivity contribution in [2.45, 2.75) is 58.9 Å². The molecule has 1 rings (SSSR count). The Morgan fingerprint density at radius 1 is 1.14 bits per heavy atom. The second-order valence-electron chi connectivity index (χ2n) is 5.18. The zero-order valence-corrected chi connectivity index (χ0v) is 9.52. The lowest BCUT2D eigenvalue weighted by molar-refractivity contribution is -0.129. The summed E-state index contributed by atoms with van der Waals surface area (Å²) in [4.78, 5) is 11.5. The molecule has 3 heteroatoms. The number of carbonyl (C=O) groups excluding carboxylic acids is 1. The predicted octanol–water partition coefficient (Wildman–Crippen LogP) is 1.99. The first-order valence-electron chi connectivity index (χ1n) is 5.56. The summed E-state index contributed by atoms with van der Waals surface area (Å²) >= 11 is 0. The van der Waals surface area contributed by atoms with E-state index in [1.54, 1.807) is 0 Å². The highest BCUT2D eigenvalue weighted by Crippen LogP contribution is 2.17. The van der Waals surface area contributed by atoms with E-state index in [9.17, 15) is 4.79 Å². The first-order chi connectivity index (χ1) is 6.50. The molecular weight excluding hydrogens is 176 g/mol. The molecule has 14 heavy (non-hydrogen) atoms. The van der Waals surface area contributed by atoms with Crippen LogP contribution in [0.15, 0.2) is 0 Å². The van der Waals surface area contributed by atoms with Gasteiger partial charge >= 0.3 is 0 Å². The zero-order valence-electron chi connectivity index (χ0n) is 9.52. The summed E-state index contributed by atoms with van der Waals surface area (Å²) in [5.74, 6) is 0.0723. The van der Waals surface area contributed by atoms with Crippen LogP contribution in [0.25, 0.3) is 0 Å². The van der Waals surface area contributed by atoms with Gasteiger partial charge in [-0.2, -0.15) is 0 Å². The molecule has 0 radical (unpaired) electrons. The second-order valence-corrected chi connectivity index (χ2v) is 5.18. The summed E-state index contributed by atoms with van der Waals surface area (Å²) in [6.45, 7) is 5.76. The summed E-state index contributed by atoms with van der Waals surface area (Å²) in [5.41, 5.74) is 5.63. The monoisotopic (exact) mass is 198 g/mol. The molecule has 1 saturated carbocycles. The molecule has 0 saturated heterocycles. The Morgan fingerprint density at radius 3 is 2.21 bits per heavy atom. The van der Waals surface area contributed by atoms with Gasteiger partial charge in [0.25, 0.3) is 0 Å². The topological polar surface area (TPSA) is 41.1 Å². The number of hydrogen-bond donors (Lipinski definition) is 2. The van der Waals surface area contributed by atoms with Crippen molar-refractivity contribution < 1.29 is 4.79 Å². The van der Waals surface area contributed by atoms with Gasteiger partial charge in [-0.3, -0.25) is 10.2 Å². The Hall–Kier alpha value is -0.570. The van der Waals surface area contributed by atoms with Crippen LogP contribution in [-0.2, 0) is 4.79 Å². The highest BCUT2D eigenvalue weighted by molar-refractivity contribution is 5.80. The lowest BCUT2D eigenvalue weighted by Crippen LogP contribution is -2.49.